The number of benzene rings is 1. The first-order chi connectivity index (χ1) is 9.36. The van der Waals surface area contributed by atoms with Crippen molar-refractivity contribution < 1.29 is 29.6 Å². The van der Waals surface area contributed by atoms with Gasteiger partial charge in [0.2, 0.25) is 11.5 Å². The summed E-state index contributed by atoms with van der Waals surface area (Å²) in [4.78, 5) is 23.8. The summed E-state index contributed by atoms with van der Waals surface area (Å²) in [5.41, 5.74) is -0.740. The van der Waals surface area contributed by atoms with Crippen molar-refractivity contribution in [2.45, 2.75) is 13.3 Å². The third-order valence-corrected chi connectivity index (χ3v) is 3.54. The van der Waals surface area contributed by atoms with Crippen LogP contribution in [0, 0.1) is 0 Å². The molecular formula is C13H11ClO6. The number of allylic oxidation sites excluding steroid dienone is 1. The van der Waals surface area contributed by atoms with Crippen LogP contribution in [0.5, 0.6) is 11.5 Å². The quantitative estimate of drug-likeness (QED) is 0.569. The second-order valence-electron chi connectivity index (χ2n) is 4.13. The fourth-order valence-electron chi connectivity index (χ4n) is 2.15. The summed E-state index contributed by atoms with van der Waals surface area (Å²) in [6.45, 7) is 1.65. The number of aliphatic hydroxyl groups excluding tert-OH is 1. The molecule has 0 atom stereocenters. The Bertz CT molecular complexity index is 674. The van der Waals surface area contributed by atoms with Gasteiger partial charge in [0, 0.05) is 5.56 Å². The average molecular weight is 299 g/mol. The Hall–Kier alpha value is -2.21. The lowest BCUT2D eigenvalue weighted by atomic mass is 9.88. The van der Waals surface area contributed by atoms with Crippen molar-refractivity contribution in [1.29, 1.82) is 0 Å². The summed E-state index contributed by atoms with van der Waals surface area (Å²) in [5.74, 6) is -4.61. The zero-order valence-electron chi connectivity index (χ0n) is 10.7. The summed E-state index contributed by atoms with van der Waals surface area (Å²) in [5, 5.41) is 29.8. The van der Waals surface area contributed by atoms with Crippen molar-refractivity contribution in [2.24, 2.45) is 0 Å². The van der Waals surface area contributed by atoms with E-state index in [2.05, 4.69) is 4.74 Å². The Morgan fingerprint density at radius 2 is 1.65 bits per heavy atom. The second kappa shape index (κ2) is 4.72. The molecule has 0 fully saturated rings. The lowest BCUT2D eigenvalue weighted by Crippen LogP contribution is -2.25. The highest BCUT2D eigenvalue weighted by atomic mass is 35.5. The van der Waals surface area contributed by atoms with Gasteiger partial charge in [0.25, 0.3) is 5.78 Å². The molecule has 1 aromatic carbocycles. The maximum absolute atomic E-state index is 12.0. The van der Waals surface area contributed by atoms with Gasteiger partial charge in [0.15, 0.2) is 5.76 Å². The number of ketones is 2. The number of phenolic OH excluding ortho intramolecular Hbond substituents is 2. The third kappa shape index (κ3) is 1.65. The number of Topliss-reactive ketones (excluding diaryl/α,β-unsaturated/α-hetero) is 2. The van der Waals surface area contributed by atoms with Crippen LogP contribution in [0.15, 0.2) is 5.76 Å². The largest absolute Gasteiger partial charge is 0.507 e. The summed E-state index contributed by atoms with van der Waals surface area (Å²) in [6, 6.07) is 0. The molecule has 6 nitrogen and oxygen atoms in total. The summed E-state index contributed by atoms with van der Waals surface area (Å²) < 4.78 is 4.66. The Balaban J connectivity index is 2.97. The van der Waals surface area contributed by atoms with E-state index in [-0.39, 0.29) is 17.0 Å². The Kier molecular flexibility index (Phi) is 3.35. The molecule has 0 heterocycles. The zero-order valence-corrected chi connectivity index (χ0v) is 11.4. The van der Waals surface area contributed by atoms with Gasteiger partial charge in [-0.2, -0.15) is 0 Å². The molecule has 3 N–H and O–H groups in total. The van der Waals surface area contributed by atoms with Crippen molar-refractivity contribution in [3.63, 3.8) is 0 Å². The molecule has 0 amide bonds. The summed E-state index contributed by atoms with van der Waals surface area (Å²) in [6.07, 6.45) is 0.231. The highest BCUT2D eigenvalue weighted by molar-refractivity contribution is 6.52. The van der Waals surface area contributed by atoms with E-state index in [9.17, 15) is 24.9 Å². The molecule has 20 heavy (non-hydrogen) atoms. The van der Waals surface area contributed by atoms with E-state index in [1.165, 1.54) is 0 Å². The van der Waals surface area contributed by atoms with Gasteiger partial charge >= 0.3 is 0 Å². The van der Waals surface area contributed by atoms with Crippen LogP contribution in [0.25, 0.3) is 5.76 Å². The van der Waals surface area contributed by atoms with Crippen LogP contribution in [0.3, 0.4) is 0 Å². The number of carbonyl (C=O) groups excluding carboxylic acids is 2. The molecule has 1 aromatic rings. The van der Waals surface area contributed by atoms with Crippen molar-refractivity contribution in [1.82, 2.24) is 0 Å². The van der Waals surface area contributed by atoms with Crippen LogP contribution in [-0.4, -0.2) is 34.0 Å². The van der Waals surface area contributed by atoms with Crippen LogP contribution in [0.4, 0.5) is 0 Å². The number of hydrogen-bond acceptors (Lipinski definition) is 6. The number of ether oxygens (including phenoxy) is 1. The van der Waals surface area contributed by atoms with E-state index in [1.54, 1.807) is 6.92 Å². The molecule has 0 spiro atoms. The van der Waals surface area contributed by atoms with E-state index in [0.29, 0.717) is 0 Å². The van der Waals surface area contributed by atoms with E-state index < -0.39 is 45.7 Å². The topological polar surface area (TPSA) is 104 Å². The zero-order chi connectivity index (χ0) is 15.2. The number of aliphatic hydroxyl groups is 1. The van der Waals surface area contributed by atoms with Gasteiger partial charge in [0.05, 0.1) is 23.3 Å². The van der Waals surface area contributed by atoms with Crippen LogP contribution in [-0.2, 0) is 16.0 Å². The number of carbonyl (C=O) groups is 2. The minimum atomic E-state index is -1.10. The lowest BCUT2D eigenvalue weighted by Gasteiger charge is -2.21. The fourth-order valence-corrected chi connectivity index (χ4v) is 2.46. The predicted octanol–water partition coefficient (Wildman–Crippen LogP) is 1.95. The molecular weight excluding hydrogens is 288 g/mol. The number of aromatic hydroxyl groups is 2. The summed E-state index contributed by atoms with van der Waals surface area (Å²) >= 11 is 5.90. The molecule has 1 aliphatic rings. The molecule has 106 valence electrons. The van der Waals surface area contributed by atoms with E-state index in [0.717, 1.165) is 7.11 Å². The SMILES string of the molecule is CCc1c(O)c2c(c(O)c1Cl)C(O)=C(OC)C(=O)C2=O. The van der Waals surface area contributed by atoms with Crippen LogP contribution in [0.2, 0.25) is 5.02 Å². The van der Waals surface area contributed by atoms with E-state index in [1.807, 2.05) is 0 Å². The second-order valence-corrected chi connectivity index (χ2v) is 4.51. The predicted molar refractivity (Wildman–Crippen MR) is 70.1 cm³/mol. The number of rotatable bonds is 2. The molecule has 0 aliphatic heterocycles. The minimum absolute atomic E-state index is 0.123. The highest BCUT2D eigenvalue weighted by Gasteiger charge is 2.40. The number of hydrogen-bond donors (Lipinski definition) is 3. The molecule has 7 heteroatoms. The van der Waals surface area contributed by atoms with Gasteiger partial charge in [0.1, 0.15) is 11.5 Å². The average Bonchev–Trinajstić information content (AvgIpc) is 2.41. The standard InChI is InChI=1S/C13H11ClO6/c1-3-4-7(14)9(16)6-5(8(4)15)10(17)12(19)13(20-2)11(6)18/h15-16,18H,3H2,1-2H3. The minimum Gasteiger partial charge on any atom is -0.507 e. The summed E-state index contributed by atoms with van der Waals surface area (Å²) in [7, 11) is 1.10. The highest BCUT2D eigenvalue weighted by Crippen LogP contribution is 2.46. The van der Waals surface area contributed by atoms with E-state index >= 15 is 0 Å². The molecule has 0 bridgehead atoms. The first-order valence-corrected chi connectivity index (χ1v) is 6.07. The number of phenols is 2. The van der Waals surface area contributed by atoms with Crippen LogP contribution in [0.1, 0.15) is 28.4 Å². The van der Waals surface area contributed by atoms with Crippen LogP contribution < -0.4 is 0 Å². The molecule has 0 aromatic heterocycles. The number of fused-ring (bicyclic) bond motifs is 1. The Labute approximate surface area is 118 Å². The fraction of sp³-hybridized carbons (Fsp3) is 0.231. The maximum atomic E-state index is 12.0. The van der Waals surface area contributed by atoms with Gasteiger partial charge < -0.3 is 20.1 Å². The molecule has 0 unspecified atom stereocenters. The molecule has 2 rings (SSSR count). The number of methoxy groups -OCH3 is 1. The first kappa shape index (κ1) is 14.2. The maximum Gasteiger partial charge on any atom is 0.272 e. The van der Waals surface area contributed by atoms with Gasteiger partial charge in [-0.1, -0.05) is 18.5 Å². The third-order valence-electron chi connectivity index (χ3n) is 3.13. The Morgan fingerprint density at radius 3 is 2.15 bits per heavy atom. The first-order valence-electron chi connectivity index (χ1n) is 5.69. The van der Waals surface area contributed by atoms with Gasteiger partial charge in [-0.25, -0.2) is 0 Å². The molecule has 0 radical (unpaired) electrons. The van der Waals surface area contributed by atoms with Crippen molar-refractivity contribution >= 4 is 28.9 Å². The normalized spacial score (nSPS) is 14.6. The smallest absolute Gasteiger partial charge is 0.272 e. The van der Waals surface area contributed by atoms with Crippen molar-refractivity contribution in [3.05, 3.63) is 27.5 Å². The Morgan fingerprint density at radius 1 is 1.05 bits per heavy atom. The van der Waals surface area contributed by atoms with E-state index in [4.69, 9.17) is 11.6 Å². The number of halogens is 1. The van der Waals surface area contributed by atoms with Crippen molar-refractivity contribution in [3.8, 4) is 11.5 Å². The van der Waals surface area contributed by atoms with Crippen molar-refractivity contribution in [2.75, 3.05) is 7.11 Å². The molecule has 0 saturated heterocycles. The molecule has 1 aliphatic carbocycles. The van der Waals surface area contributed by atoms with Gasteiger partial charge in [-0.05, 0) is 6.42 Å². The lowest BCUT2D eigenvalue weighted by molar-refractivity contribution is -0.114. The monoisotopic (exact) mass is 298 g/mol. The van der Waals surface area contributed by atoms with Gasteiger partial charge in [-0.15, -0.1) is 0 Å². The van der Waals surface area contributed by atoms with Crippen LogP contribution >= 0.6 is 11.6 Å². The molecule has 0 saturated carbocycles. The van der Waals surface area contributed by atoms with Gasteiger partial charge in [-0.3, -0.25) is 9.59 Å².